The Bertz CT molecular complexity index is 1350. The molecule has 5 aliphatic rings. The number of hydrogen-bond acceptors (Lipinski definition) is 7. The number of anilines is 2. The van der Waals surface area contributed by atoms with Crippen LogP contribution in [0.1, 0.15) is 43.9 Å². The molecule has 0 aromatic carbocycles. The van der Waals surface area contributed by atoms with Crippen LogP contribution in [0.3, 0.4) is 0 Å². The molecule has 0 unspecified atom stereocenters. The van der Waals surface area contributed by atoms with Crippen LogP contribution in [-0.2, 0) is 16.0 Å². The van der Waals surface area contributed by atoms with E-state index in [0.29, 0.717) is 69.8 Å². The van der Waals surface area contributed by atoms with Crippen LogP contribution in [-0.4, -0.2) is 103 Å². The number of piperidine rings is 1. The molecule has 232 valence electrons. The number of carbonyl (C=O) groups excluding carboxylic acids is 1. The van der Waals surface area contributed by atoms with Gasteiger partial charge in [0.05, 0.1) is 6.04 Å². The van der Waals surface area contributed by atoms with E-state index in [2.05, 4.69) is 37.3 Å². The van der Waals surface area contributed by atoms with Gasteiger partial charge in [-0.25, -0.2) is 23.1 Å². The fourth-order valence-corrected chi connectivity index (χ4v) is 7.22. The van der Waals surface area contributed by atoms with E-state index in [1.807, 2.05) is 17.9 Å². The summed E-state index contributed by atoms with van der Waals surface area (Å²) in [6.07, 6.45) is 4.74. The number of fused-ring (bicyclic) bond motifs is 3. The third kappa shape index (κ3) is 5.32. The Kier molecular flexibility index (Phi) is 8.25. The molecular formula is C31H41F3N7O2+. The minimum Gasteiger partial charge on any atom is -0.404 e. The van der Waals surface area contributed by atoms with Gasteiger partial charge < -0.3 is 25.2 Å². The standard InChI is InChI=1S/C31H40F3N7O2/c1-3-27(42)40-13-11-38(12-14-40)25-18-41-23(25)6-4-5-22-24(41)15-26(37-28(22)30(33)34)39-9-7-31(8-10-39)29(20(2)17-35)36-21(16-32)19-43-31/h3,6,15,17,21,25,30H,1,4-5,7-14,16,18-19,35H2,2H3/p+1/b20-17-/t21-,25+/m0/s1. The van der Waals surface area contributed by atoms with Gasteiger partial charge in [-0.1, -0.05) is 12.7 Å². The average molecular weight is 601 g/mol. The van der Waals surface area contributed by atoms with Gasteiger partial charge in [-0.3, -0.25) is 9.69 Å². The van der Waals surface area contributed by atoms with Crippen LogP contribution >= 0.6 is 0 Å². The summed E-state index contributed by atoms with van der Waals surface area (Å²) in [6, 6.07) is 1.75. The highest BCUT2D eigenvalue weighted by Gasteiger charge is 2.49. The maximum absolute atomic E-state index is 14.5. The van der Waals surface area contributed by atoms with E-state index >= 15 is 0 Å². The fourth-order valence-electron chi connectivity index (χ4n) is 7.22. The lowest BCUT2D eigenvalue weighted by Crippen LogP contribution is -2.89. The largest absolute Gasteiger partial charge is 0.404 e. The van der Waals surface area contributed by atoms with Crippen molar-refractivity contribution < 1.29 is 27.7 Å². The number of carbonyl (C=O) groups is 1. The normalized spacial score (nSPS) is 25.9. The summed E-state index contributed by atoms with van der Waals surface area (Å²) in [5.41, 5.74) is 9.27. The summed E-state index contributed by atoms with van der Waals surface area (Å²) >= 11 is 0. The first-order valence-electron chi connectivity index (χ1n) is 15.2. The zero-order valence-electron chi connectivity index (χ0n) is 24.7. The molecule has 2 atom stereocenters. The maximum Gasteiger partial charge on any atom is 0.280 e. The molecule has 1 aromatic heterocycles. The first-order valence-corrected chi connectivity index (χ1v) is 15.2. The molecule has 0 saturated carbocycles. The molecule has 0 aliphatic carbocycles. The maximum atomic E-state index is 14.5. The smallest absolute Gasteiger partial charge is 0.280 e. The zero-order valence-corrected chi connectivity index (χ0v) is 24.7. The molecule has 9 nitrogen and oxygen atoms in total. The number of pyridine rings is 1. The summed E-state index contributed by atoms with van der Waals surface area (Å²) in [4.78, 5) is 28.3. The van der Waals surface area contributed by atoms with Gasteiger partial charge >= 0.3 is 0 Å². The highest BCUT2D eigenvalue weighted by molar-refractivity contribution is 6.02. The van der Waals surface area contributed by atoms with E-state index in [1.165, 1.54) is 12.3 Å². The number of aromatic nitrogens is 1. The highest BCUT2D eigenvalue weighted by atomic mass is 19.3. The molecule has 3 fully saturated rings. The number of piperazine rings is 1. The molecular weight excluding hydrogens is 559 g/mol. The molecule has 1 amide bonds. The molecule has 1 aromatic rings. The highest BCUT2D eigenvalue weighted by Crippen LogP contribution is 2.43. The first-order chi connectivity index (χ1) is 20.8. The van der Waals surface area contributed by atoms with Crippen LogP contribution in [0.15, 0.2) is 42.3 Å². The van der Waals surface area contributed by atoms with Gasteiger partial charge in [0.15, 0.2) is 12.3 Å². The number of ether oxygens (including phenoxy) is 1. The van der Waals surface area contributed by atoms with Crippen LogP contribution in [0.4, 0.5) is 24.7 Å². The summed E-state index contributed by atoms with van der Waals surface area (Å²) in [5.74, 6) is 0.499. The lowest BCUT2D eigenvalue weighted by atomic mass is 9.82. The van der Waals surface area contributed by atoms with Crippen LogP contribution in [0.5, 0.6) is 0 Å². The number of nitrogens with one attached hydrogen (secondary N) is 1. The SMILES string of the molecule is C=CC(=O)N1CCN([C@@H]2CN3C2=CCCc2c3cc(N3CCC4(CC3)OC[C@H](CF)[NH+]=C4/C(C)=C\N)nc2C(F)F)CC1. The Balaban J connectivity index is 1.22. The molecule has 1 spiro atoms. The van der Waals surface area contributed by atoms with Gasteiger partial charge in [0.1, 0.15) is 18.1 Å². The number of nitrogens with two attached hydrogens (primary N) is 1. The molecule has 0 bridgehead atoms. The summed E-state index contributed by atoms with van der Waals surface area (Å²) < 4.78 is 48.7. The minimum absolute atomic E-state index is 0.0453. The predicted molar refractivity (Wildman–Crippen MR) is 159 cm³/mol. The van der Waals surface area contributed by atoms with E-state index in [1.54, 1.807) is 0 Å². The van der Waals surface area contributed by atoms with E-state index in [9.17, 15) is 18.0 Å². The number of halogens is 3. The molecule has 0 radical (unpaired) electrons. The minimum atomic E-state index is -2.68. The van der Waals surface area contributed by atoms with Crippen molar-refractivity contribution in [1.82, 2.24) is 14.8 Å². The van der Waals surface area contributed by atoms with Gasteiger partial charge in [-0.15, -0.1) is 0 Å². The Hall–Kier alpha value is -3.38. The van der Waals surface area contributed by atoms with E-state index in [4.69, 9.17) is 10.5 Å². The number of amides is 1. The van der Waals surface area contributed by atoms with Crippen molar-refractivity contribution in [2.24, 2.45) is 5.73 Å². The van der Waals surface area contributed by atoms with Crippen molar-refractivity contribution in [2.45, 2.75) is 56.7 Å². The average Bonchev–Trinajstić information content (AvgIpc) is 3.16. The van der Waals surface area contributed by atoms with Crippen LogP contribution in [0.25, 0.3) is 0 Å². The van der Waals surface area contributed by atoms with E-state index in [-0.39, 0.29) is 24.2 Å². The van der Waals surface area contributed by atoms with E-state index in [0.717, 1.165) is 35.8 Å². The van der Waals surface area contributed by atoms with Crippen LogP contribution < -0.4 is 20.5 Å². The lowest BCUT2D eigenvalue weighted by molar-refractivity contribution is -0.527. The fraction of sp³-hybridized carbons (Fsp3) is 0.581. The summed E-state index contributed by atoms with van der Waals surface area (Å²) in [7, 11) is 0. The predicted octanol–water partition coefficient (Wildman–Crippen LogP) is 1.46. The number of nitrogens with zero attached hydrogens (tertiary/aromatic N) is 5. The molecule has 6 heterocycles. The van der Waals surface area contributed by atoms with Gasteiger partial charge in [-0.05, 0) is 25.8 Å². The summed E-state index contributed by atoms with van der Waals surface area (Å²) in [6.45, 7) is 9.84. The number of alkyl halides is 3. The molecule has 3 N–H and O–H groups in total. The van der Waals surface area contributed by atoms with Crippen molar-refractivity contribution in [3.8, 4) is 0 Å². The monoisotopic (exact) mass is 600 g/mol. The quantitative estimate of drug-likeness (QED) is 0.478. The lowest BCUT2D eigenvalue weighted by Gasteiger charge is -2.51. The Morgan fingerprint density at radius 2 is 2.00 bits per heavy atom. The van der Waals surface area contributed by atoms with Crippen LogP contribution in [0, 0.1) is 0 Å². The second-order valence-corrected chi connectivity index (χ2v) is 12.0. The zero-order chi connectivity index (χ0) is 30.3. The third-order valence-corrected chi connectivity index (χ3v) is 9.71. The Labute approximate surface area is 250 Å². The second-order valence-electron chi connectivity index (χ2n) is 12.0. The molecule has 5 aliphatic heterocycles. The van der Waals surface area contributed by atoms with Crippen molar-refractivity contribution in [2.75, 3.05) is 68.9 Å². The summed E-state index contributed by atoms with van der Waals surface area (Å²) in [5, 5.41) is 0. The topological polar surface area (TPSA) is 92.1 Å². The Morgan fingerprint density at radius 1 is 1.26 bits per heavy atom. The third-order valence-electron chi connectivity index (χ3n) is 9.71. The van der Waals surface area contributed by atoms with Crippen molar-refractivity contribution in [3.05, 3.63) is 53.5 Å². The van der Waals surface area contributed by atoms with E-state index < -0.39 is 24.7 Å². The number of rotatable bonds is 6. The second kappa shape index (κ2) is 12.0. The van der Waals surface area contributed by atoms with Gasteiger partial charge in [0.2, 0.25) is 17.7 Å². The van der Waals surface area contributed by atoms with Gasteiger partial charge in [-0.2, -0.15) is 0 Å². The van der Waals surface area contributed by atoms with Crippen LogP contribution in [0.2, 0.25) is 0 Å². The molecule has 43 heavy (non-hydrogen) atoms. The van der Waals surface area contributed by atoms with Gasteiger partial charge in [0, 0.05) is 93.4 Å². The molecule has 12 heteroatoms. The number of allylic oxidation sites excluding steroid dienone is 1. The van der Waals surface area contributed by atoms with Crippen molar-refractivity contribution >= 4 is 23.1 Å². The molecule has 3 saturated heterocycles. The van der Waals surface area contributed by atoms with Crippen molar-refractivity contribution in [3.63, 3.8) is 0 Å². The number of hydrogen-bond donors (Lipinski definition) is 2. The Morgan fingerprint density at radius 3 is 2.65 bits per heavy atom. The van der Waals surface area contributed by atoms with Crippen molar-refractivity contribution in [1.29, 1.82) is 0 Å². The van der Waals surface area contributed by atoms with Gasteiger partial charge in [0.25, 0.3) is 6.43 Å². The molecule has 6 rings (SSSR count). The first kappa shape index (κ1) is 29.7.